The van der Waals surface area contributed by atoms with Crippen LogP contribution in [0.15, 0.2) is 114 Å². The molecule has 1 aliphatic carbocycles. The predicted molar refractivity (Wildman–Crippen MR) is 144 cm³/mol. The minimum atomic E-state index is -3.86. The van der Waals surface area contributed by atoms with Crippen LogP contribution in [0.5, 0.6) is 0 Å². The highest BCUT2D eigenvalue weighted by atomic mass is 32.2. The molecule has 3 aromatic carbocycles. The number of nitrogens with one attached hydrogen (secondary N) is 2. The van der Waals surface area contributed by atoms with Gasteiger partial charge in [-0.05, 0) is 49.4 Å². The van der Waals surface area contributed by atoms with Crippen LogP contribution in [0.2, 0.25) is 0 Å². The first-order valence-corrected chi connectivity index (χ1v) is 13.7. The Morgan fingerprint density at radius 1 is 0.833 bits per heavy atom. The van der Waals surface area contributed by atoms with Crippen LogP contribution in [0.1, 0.15) is 54.5 Å². The third kappa shape index (κ3) is 6.80. The molecule has 0 aliphatic heterocycles. The molecule has 2 atom stereocenters. The van der Waals surface area contributed by atoms with Crippen LogP contribution < -0.4 is 10.0 Å². The Hall–Kier alpha value is -3.48. The topological polar surface area (TPSA) is 75.3 Å². The number of amides is 1. The second-order valence-corrected chi connectivity index (χ2v) is 10.8. The molecule has 0 heterocycles. The van der Waals surface area contributed by atoms with E-state index in [1.165, 1.54) is 5.57 Å². The molecule has 4 rings (SSSR count). The first-order valence-electron chi connectivity index (χ1n) is 12.2. The monoisotopic (exact) mass is 500 g/mol. The molecule has 3 aromatic rings. The zero-order chi connectivity index (χ0) is 25.4. The lowest BCUT2D eigenvalue weighted by Crippen LogP contribution is -2.40. The maximum atomic E-state index is 13.4. The molecular formula is C30H32N2O3S. The zero-order valence-corrected chi connectivity index (χ0v) is 21.2. The summed E-state index contributed by atoms with van der Waals surface area (Å²) >= 11 is 0. The molecule has 0 bridgehead atoms. The highest BCUT2D eigenvalue weighted by molar-refractivity contribution is 7.89. The van der Waals surface area contributed by atoms with Crippen molar-refractivity contribution in [3.63, 3.8) is 0 Å². The Kier molecular flexibility index (Phi) is 8.52. The lowest BCUT2D eigenvalue weighted by atomic mass is 9.93. The van der Waals surface area contributed by atoms with E-state index in [0.717, 1.165) is 29.5 Å². The molecule has 0 fully saturated rings. The quantitative estimate of drug-likeness (QED) is 0.339. The Morgan fingerprint density at radius 3 is 2.03 bits per heavy atom. The summed E-state index contributed by atoms with van der Waals surface area (Å²) in [6.07, 6.45) is 9.23. The second-order valence-electron chi connectivity index (χ2n) is 9.05. The number of allylic oxidation sites excluding steroid dienone is 4. The lowest BCUT2D eigenvalue weighted by Gasteiger charge is -2.30. The van der Waals surface area contributed by atoms with Crippen molar-refractivity contribution in [3.05, 3.63) is 125 Å². The molecule has 186 valence electrons. The van der Waals surface area contributed by atoms with Crippen molar-refractivity contribution in [3.8, 4) is 0 Å². The summed E-state index contributed by atoms with van der Waals surface area (Å²) in [5.74, 6) is -0.116. The van der Waals surface area contributed by atoms with Crippen LogP contribution in [0.25, 0.3) is 0 Å². The highest BCUT2D eigenvalue weighted by Crippen LogP contribution is 2.31. The van der Waals surface area contributed by atoms with Gasteiger partial charge in [-0.25, -0.2) is 13.1 Å². The van der Waals surface area contributed by atoms with E-state index < -0.39 is 22.1 Å². The smallest absolute Gasteiger partial charge is 0.241 e. The predicted octanol–water partition coefficient (Wildman–Crippen LogP) is 5.93. The minimum Gasteiger partial charge on any atom is -0.347 e. The van der Waals surface area contributed by atoms with Crippen LogP contribution in [0.3, 0.4) is 0 Å². The molecule has 1 amide bonds. The van der Waals surface area contributed by atoms with E-state index in [0.29, 0.717) is 12.8 Å². The second kappa shape index (κ2) is 12.0. The summed E-state index contributed by atoms with van der Waals surface area (Å²) in [7, 11) is -3.86. The molecule has 0 saturated carbocycles. The summed E-state index contributed by atoms with van der Waals surface area (Å²) in [6.45, 7) is 1.91. The number of carbonyl (C=O) groups excluding carboxylic acids is 1. The van der Waals surface area contributed by atoms with Crippen LogP contribution >= 0.6 is 0 Å². The zero-order valence-electron chi connectivity index (χ0n) is 20.4. The molecule has 1 aliphatic rings. The fourth-order valence-corrected chi connectivity index (χ4v) is 5.57. The molecule has 2 N–H and O–H groups in total. The van der Waals surface area contributed by atoms with Crippen molar-refractivity contribution < 1.29 is 13.2 Å². The SMILES string of the molecule is Cc1ccc(S(=O)(=O)N[C@H](c2ccccc2)[C@H](NC(=O)CCC2=CCC=CC2)c2ccccc2)cc1. The van der Waals surface area contributed by atoms with Crippen LogP contribution in [-0.2, 0) is 14.8 Å². The summed E-state index contributed by atoms with van der Waals surface area (Å²) in [6, 6.07) is 24.3. The number of rotatable bonds is 10. The van der Waals surface area contributed by atoms with Crippen molar-refractivity contribution in [1.82, 2.24) is 10.0 Å². The van der Waals surface area contributed by atoms with E-state index >= 15 is 0 Å². The summed E-state index contributed by atoms with van der Waals surface area (Å²) in [5.41, 5.74) is 3.82. The van der Waals surface area contributed by atoms with Gasteiger partial charge in [0.1, 0.15) is 0 Å². The van der Waals surface area contributed by atoms with Crippen molar-refractivity contribution in [2.24, 2.45) is 0 Å². The van der Waals surface area contributed by atoms with Crippen LogP contribution in [-0.4, -0.2) is 14.3 Å². The molecule has 0 aromatic heterocycles. The number of benzene rings is 3. The number of aryl methyl sites for hydroxylation is 1. The molecule has 0 radical (unpaired) electrons. The fourth-order valence-electron chi connectivity index (χ4n) is 4.33. The molecular weight excluding hydrogens is 468 g/mol. The van der Waals surface area contributed by atoms with Gasteiger partial charge < -0.3 is 5.32 Å². The standard InChI is InChI=1S/C30H32N2O3S/c1-23-17-20-27(21-18-23)36(34,35)32-30(26-15-9-4-10-16-26)29(25-13-7-3-8-14-25)31-28(33)22-19-24-11-5-2-6-12-24/h2-5,7-10,12-18,20-21,29-30,32H,6,11,19,22H2,1H3,(H,31,33)/t29-,30-/m1/s1. The first kappa shape index (κ1) is 25.6. The molecule has 6 heteroatoms. The van der Waals surface area contributed by atoms with Gasteiger partial charge in [0.05, 0.1) is 17.0 Å². The van der Waals surface area contributed by atoms with E-state index in [-0.39, 0.29) is 10.8 Å². The van der Waals surface area contributed by atoms with E-state index in [1.54, 1.807) is 24.3 Å². The van der Waals surface area contributed by atoms with Crippen molar-refractivity contribution in [2.75, 3.05) is 0 Å². The van der Waals surface area contributed by atoms with Gasteiger partial charge in [0.2, 0.25) is 15.9 Å². The van der Waals surface area contributed by atoms with Gasteiger partial charge in [-0.3, -0.25) is 4.79 Å². The minimum absolute atomic E-state index is 0.116. The first-order chi connectivity index (χ1) is 17.4. The number of carbonyl (C=O) groups is 1. The van der Waals surface area contributed by atoms with Crippen LogP contribution in [0.4, 0.5) is 0 Å². The van der Waals surface area contributed by atoms with E-state index in [1.807, 2.05) is 67.6 Å². The normalized spacial score (nSPS) is 15.1. The van der Waals surface area contributed by atoms with Gasteiger partial charge >= 0.3 is 0 Å². The van der Waals surface area contributed by atoms with Crippen molar-refractivity contribution >= 4 is 15.9 Å². The summed E-state index contributed by atoms with van der Waals surface area (Å²) < 4.78 is 29.8. The van der Waals surface area contributed by atoms with Gasteiger partial charge in [-0.15, -0.1) is 0 Å². The van der Waals surface area contributed by atoms with Crippen molar-refractivity contribution in [2.45, 2.75) is 49.6 Å². The Labute approximate surface area is 214 Å². The van der Waals surface area contributed by atoms with Gasteiger partial charge in [-0.2, -0.15) is 0 Å². The van der Waals surface area contributed by atoms with E-state index in [4.69, 9.17) is 0 Å². The average Bonchev–Trinajstić information content (AvgIpc) is 2.91. The summed E-state index contributed by atoms with van der Waals surface area (Å²) in [4.78, 5) is 13.3. The van der Waals surface area contributed by atoms with Gasteiger partial charge in [0, 0.05) is 6.42 Å². The largest absolute Gasteiger partial charge is 0.347 e. The van der Waals surface area contributed by atoms with Crippen molar-refractivity contribution in [1.29, 1.82) is 0 Å². The third-order valence-electron chi connectivity index (χ3n) is 6.34. The molecule has 36 heavy (non-hydrogen) atoms. The fraction of sp³-hybridized carbons (Fsp3) is 0.233. The van der Waals surface area contributed by atoms with E-state index in [2.05, 4.69) is 28.3 Å². The average molecular weight is 501 g/mol. The molecule has 0 spiro atoms. The van der Waals surface area contributed by atoms with Gasteiger partial charge in [-0.1, -0.05) is 102 Å². The Bertz CT molecular complexity index is 1320. The maximum Gasteiger partial charge on any atom is 0.241 e. The number of hydrogen-bond acceptors (Lipinski definition) is 3. The number of sulfonamides is 1. The Morgan fingerprint density at radius 2 is 1.44 bits per heavy atom. The van der Waals surface area contributed by atoms with Gasteiger partial charge in [0.25, 0.3) is 0 Å². The number of hydrogen-bond donors (Lipinski definition) is 2. The third-order valence-corrected chi connectivity index (χ3v) is 7.80. The summed E-state index contributed by atoms with van der Waals surface area (Å²) in [5, 5.41) is 3.14. The van der Waals surface area contributed by atoms with Gasteiger partial charge in [0.15, 0.2) is 0 Å². The molecule has 5 nitrogen and oxygen atoms in total. The maximum absolute atomic E-state index is 13.4. The molecule has 0 saturated heterocycles. The van der Waals surface area contributed by atoms with E-state index in [9.17, 15) is 13.2 Å². The lowest BCUT2D eigenvalue weighted by molar-refractivity contribution is -0.122. The molecule has 0 unspecified atom stereocenters. The highest BCUT2D eigenvalue weighted by Gasteiger charge is 2.31. The Balaban J connectivity index is 1.64. The van der Waals surface area contributed by atoms with Crippen LogP contribution in [0, 0.1) is 6.92 Å².